The maximum absolute atomic E-state index is 13.4. The van der Waals surface area contributed by atoms with E-state index in [-0.39, 0.29) is 11.9 Å². The molecule has 0 spiro atoms. The van der Waals surface area contributed by atoms with Gasteiger partial charge < -0.3 is 10.1 Å². The fraction of sp³-hybridized carbons (Fsp3) is 0.500. The maximum Gasteiger partial charge on any atom is 0.128 e. The number of hydrogen-bond acceptors (Lipinski definition) is 2. The zero-order chi connectivity index (χ0) is 12.0. The van der Waals surface area contributed by atoms with Crippen LogP contribution in [0, 0.1) is 5.82 Å². The predicted octanol–water partition coefficient (Wildman–Crippen LogP) is 3.10. The Morgan fingerprint density at radius 1 is 1.44 bits per heavy atom. The van der Waals surface area contributed by atoms with Gasteiger partial charge >= 0.3 is 0 Å². The van der Waals surface area contributed by atoms with Crippen LogP contribution >= 0.6 is 15.9 Å². The first-order valence-electron chi connectivity index (χ1n) is 5.36. The van der Waals surface area contributed by atoms with Crippen LogP contribution in [0.1, 0.15) is 19.4 Å². The highest BCUT2D eigenvalue weighted by molar-refractivity contribution is 9.10. The van der Waals surface area contributed by atoms with E-state index in [1.807, 2.05) is 19.9 Å². The van der Waals surface area contributed by atoms with E-state index in [9.17, 15) is 4.39 Å². The van der Waals surface area contributed by atoms with Crippen LogP contribution in [0.2, 0.25) is 0 Å². The molecule has 0 saturated carbocycles. The molecule has 0 radical (unpaired) electrons. The van der Waals surface area contributed by atoms with Crippen LogP contribution in [0.4, 0.5) is 4.39 Å². The number of hydrogen-bond donors (Lipinski definition) is 1. The normalized spacial score (nSPS) is 11.1. The lowest BCUT2D eigenvalue weighted by Crippen LogP contribution is -2.21. The standard InChI is InChI=1S/C12H17BrFNO/c1-9(2)16-6-5-15-8-10-3-4-11(13)7-12(10)14/h3-4,7,9,15H,5-6,8H2,1-2H3. The van der Waals surface area contributed by atoms with E-state index >= 15 is 0 Å². The molecule has 0 heterocycles. The zero-order valence-corrected chi connectivity index (χ0v) is 11.2. The van der Waals surface area contributed by atoms with Crippen molar-refractivity contribution in [2.75, 3.05) is 13.2 Å². The molecule has 2 nitrogen and oxygen atoms in total. The van der Waals surface area contributed by atoms with Gasteiger partial charge in [-0.05, 0) is 26.0 Å². The van der Waals surface area contributed by atoms with E-state index in [2.05, 4.69) is 21.2 Å². The van der Waals surface area contributed by atoms with Crippen LogP contribution in [0.25, 0.3) is 0 Å². The second-order valence-corrected chi connectivity index (χ2v) is 4.75. The highest BCUT2D eigenvalue weighted by atomic mass is 79.9. The van der Waals surface area contributed by atoms with Crippen molar-refractivity contribution in [1.29, 1.82) is 0 Å². The third-order valence-corrected chi connectivity index (χ3v) is 2.55. The first-order valence-corrected chi connectivity index (χ1v) is 6.15. The average Bonchev–Trinajstić information content (AvgIpc) is 2.20. The van der Waals surface area contributed by atoms with Crippen LogP contribution in [0.5, 0.6) is 0 Å². The molecule has 0 aliphatic carbocycles. The van der Waals surface area contributed by atoms with Gasteiger partial charge in [0.1, 0.15) is 5.82 Å². The topological polar surface area (TPSA) is 21.3 Å². The Balaban J connectivity index is 2.27. The van der Waals surface area contributed by atoms with Crippen molar-refractivity contribution in [3.8, 4) is 0 Å². The number of halogens is 2. The Labute approximate surface area is 104 Å². The van der Waals surface area contributed by atoms with E-state index in [4.69, 9.17) is 4.74 Å². The average molecular weight is 290 g/mol. The van der Waals surface area contributed by atoms with Gasteiger partial charge in [0.15, 0.2) is 0 Å². The highest BCUT2D eigenvalue weighted by Crippen LogP contribution is 2.14. The van der Waals surface area contributed by atoms with Crippen LogP contribution < -0.4 is 5.32 Å². The SMILES string of the molecule is CC(C)OCCNCc1ccc(Br)cc1F. The minimum absolute atomic E-state index is 0.188. The largest absolute Gasteiger partial charge is 0.377 e. The molecule has 0 aromatic heterocycles. The summed E-state index contributed by atoms with van der Waals surface area (Å²) >= 11 is 3.22. The Morgan fingerprint density at radius 3 is 2.81 bits per heavy atom. The second kappa shape index (κ2) is 6.99. The van der Waals surface area contributed by atoms with Crippen molar-refractivity contribution in [3.63, 3.8) is 0 Å². The summed E-state index contributed by atoms with van der Waals surface area (Å²) in [5, 5.41) is 3.14. The van der Waals surface area contributed by atoms with Gasteiger partial charge in [0.25, 0.3) is 0 Å². The molecule has 1 aromatic carbocycles. The Bertz CT molecular complexity index is 331. The first kappa shape index (κ1) is 13.6. The maximum atomic E-state index is 13.4. The van der Waals surface area contributed by atoms with Crippen molar-refractivity contribution >= 4 is 15.9 Å². The number of benzene rings is 1. The highest BCUT2D eigenvalue weighted by Gasteiger charge is 2.01. The fourth-order valence-corrected chi connectivity index (χ4v) is 1.59. The molecule has 0 bridgehead atoms. The second-order valence-electron chi connectivity index (χ2n) is 3.83. The van der Waals surface area contributed by atoms with Crippen LogP contribution in [0.15, 0.2) is 22.7 Å². The molecule has 1 N–H and O–H groups in total. The zero-order valence-electron chi connectivity index (χ0n) is 9.59. The molecule has 0 saturated heterocycles. The molecule has 0 atom stereocenters. The van der Waals surface area contributed by atoms with Crippen molar-refractivity contribution in [3.05, 3.63) is 34.1 Å². The molecule has 1 rings (SSSR count). The van der Waals surface area contributed by atoms with Gasteiger partial charge in [-0.1, -0.05) is 22.0 Å². The molecule has 0 unspecified atom stereocenters. The number of nitrogens with one attached hydrogen (secondary N) is 1. The Kier molecular flexibility index (Phi) is 5.95. The Hall–Kier alpha value is -0.450. The smallest absolute Gasteiger partial charge is 0.128 e. The van der Waals surface area contributed by atoms with Gasteiger partial charge in [-0.2, -0.15) is 0 Å². The summed E-state index contributed by atoms with van der Waals surface area (Å²) in [5.74, 6) is -0.188. The molecule has 0 aliphatic rings. The summed E-state index contributed by atoms with van der Waals surface area (Å²) in [7, 11) is 0. The van der Waals surface area contributed by atoms with Gasteiger partial charge in [0, 0.05) is 23.1 Å². The van der Waals surface area contributed by atoms with E-state index in [1.165, 1.54) is 6.07 Å². The van der Waals surface area contributed by atoms with Gasteiger partial charge in [-0.25, -0.2) is 4.39 Å². The van der Waals surface area contributed by atoms with Gasteiger partial charge in [0.05, 0.1) is 12.7 Å². The predicted molar refractivity (Wildman–Crippen MR) is 66.9 cm³/mol. The van der Waals surface area contributed by atoms with Crippen molar-refractivity contribution in [1.82, 2.24) is 5.32 Å². The lowest BCUT2D eigenvalue weighted by Gasteiger charge is -2.09. The van der Waals surface area contributed by atoms with E-state index in [0.717, 1.165) is 11.0 Å². The van der Waals surface area contributed by atoms with Gasteiger partial charge in [-0.15, -0.1) is 0 Å². The number of ether oxygens (including phenoxy) is 1. The summed E-state index contributed by atoms with van der Waals surface area (Å²) < 4.78 is 19.5. The molecule has 0 aliphatic heterocycles. The minimum Gasteiger partial charge on any atom is -0.377 e. The van der Waals surface area contributed by atoms with E-state index < -0.39 is 0 Å². The van der Waals surface area contributed by atoms with E-state index in [1.54, 1.807) is 6.07 Å². The number of rotatable bonds is 6. The molecular formula is C12H17BrFNO. The minimum atomic E-state index is -0.188. The van der Waals surface area contributed by atoms with Crippen LogP contribution in [-0.2, 0) is 11.3 Å². The summed E-state index contributed by atoms with van der Waals surface area (Å²) in [6.45, 7) is 5.90. The lowest BCUT2D eigenvalue weighted by atomic mass is 10.2. The van der Waals surface area contributed by atoms with Crippen LogP contribution in [0.3, 0.4) is 0 Å². The summed E-state index contributed by atoms with van der Waals surface area (Å²) in [6, 6.07) is 5.09. The van der Waals surface area contributed by atoms with Gasteiger partial charge in [0.2, 0.25) is 0 Å². The van der Waals surface area contributed by atoms with Crippen molar-refractivity contribution < 1.29 is 9.13 Å². The molecule has 0 fully saturated rings. The fourth-order valence-electron chi connectivity index (χ4n) is 1.25. The molecule has 4 heteroatoms. The molecule has 16 heavy (non-hydrogen) atoms. The summed E-state index contributed by atoms with van der Waals surface area (Å²) in [4.78, 5) is 0. The molecule has 0 amide bonds. The van der Waals surface area contributed by atoms with Crippen molar-refractivity contribution in [2.24, 2.45) is 0 Å². The third kappa shape index (κ3) is 5.05. The summed E-state index contributed by atoms with van der Waals surface area (Å²) in [5.41, 5.74) is 0.674. The Morgan fingerprint density at radius 2 is 2.19 bits per heavy atom. The molecule has 1 aromatic rings. The summed E-state index contributed by atoms with van der Waals surface area (Å²) in [6.07, 6.45) is 0.242. The lowest BCUT2D eigenvalue weighted by molar-refractivity contribution is 0.0806. The molecular weight excluding hydrogens is 273 g/mol. The van der Waals surface area contributed by atoms with Gasteiger partial charge in [-0.3, -0.25) is 0 Å². The van der Waals surface area contributed by atoms with E-state index in [0.29, 0.717) is 18.7 Å². The molecule has 90 valence electrons. The monoisotopic (exact) mass is 289 g/mol. The quantitative estimate of drug-likeness (QED) is 0.813. The third-order valence-electron chi connectivity index (χ3n) is 2.06. The first-order chi connectivity index (χ1) is 7.59. The van der Waals surface area contributed by atoms with Crippen LogP contribution in [-0.4, -0.2) is 19.3 Å². The van der Waals surface area contributed by atoms with Crippen molar-refractivity contribution in [2.45, 2.75) is 26.5 Å².